The smallest absolute Gasteiger partial charge is 0.123 e. The van der Waals surface area contributed by atoms with Crippen LogP contribution in [0.25, 0.3) is 10.9 Å². The monoisotopic (exact) mass is 334 g/mol. The van der Waals surface area contributed by atoms with Crippen LogP contribution in [-0.4, -0.2) is 36.1 Å². The van der Waals surface area contributed by atoms with Crippen LogP contribution in [0.15, 0.2) is 48.5 Å². The minimum atomic E-state index is -0.206. The lowest BCUT2D eigenvalue weighted by Gasteiger charge is -2.36. The van der Waals surface area contributed by atoms with Crippen LogP contribution in [0.1, 0.15) is 11.3 Å². The predicted molar refractivity (Wildman–Crippen MR) is 96.9 cm³/mol. The first-order valence-corrected chi connectivity index (χ1v) is 8.46. The Morgan fingerprint density at radius 3 is 2.64 bits per heavy atom. The van der Waals surface area contributed by atoms with Gasteiger partial charge in [-0.15, -0.1) is 0 Å². The minimum Gasteiger partial charge on any atom is -0.368 e. The van der Waals surface area contributed by atoms with Gasteiger partial charge in [0, 0.05) is 49.3 Å². The van der Waals surface area contributed by atoms with Crippen molar-refractivity contribution in [3.8, 4) is 6.07 Å². The maximum absolute atomic E-state index is 13.3. The third-order valence-electron chi connectivity index (χ3n) is 4.77. The summed E-state index contributed by atoms with van der Waals surface area (Å²) in [5.74, 6) is -0.206. The number of rotatable bonds is 3. The van der Waals surface area contributed by atoms with Gasteiger partial charge in [-0.25, -0.2) is 4.39 Å². The molecular formula is C20H19FN4. The number of anilines is 1. The van der Waals surface area contributed by atoms with E-state index in [1.807, 2.05) is 30.3 Å². The van der Waals surface area contributed by atoms with Crippen LogP contribution in [-0.2, 0) is 6.54 Å². The summed E-state index contributed by atoms with van der Waals surface area (Å²) in [4.78, 5) is 8.02. The Morgan fingerprint density at radius 2 is 1.84 bits per heavy atom. The van der Waals surface area contributed by atoms with Gasteiger partial charge in [-0.05, 0) is 36.4 Å². The molecule has 4 nitrogen and oxygen atoms in total. The molecule has 0 saturated carbocycles. The first-order chi connectivity index (χ1) is 12.2. The number of nitrogens with one attached hydrogen (secondary N) is 1. The van der Waals surface area contributed by atoms with E-state index in [1.54, 1.807) is 12.1 Å². The van der Waals surface area contributed by atoms with E-state index >= 15 is 0 Å². The Balaban J connectivity index is 1.42. The van der Waals surface area contributed by atoms with Crippen molar-refractivity contribution in [2.75, 3.05) is 31.1 Å². The maximum atomic E-state index is 13.3. The molecule has 1 aliphatic rings. The highest BCUT2D eigenvalue weighted by atomic mass is 19.1. The Bertz CT molecular complexity index is 932. The van der Waals surface area contributed by atoms with Crippen LogP contribution in [0.4, 0.5) is 10.1 Å². The number of benzene rings is 2. The lowest BCUT2D eigenvalue weighted by Crippen LogP contribution is -2.46. The van der Waals surface area contributed by atoms with E-state index in [4.69, 9.17) is 0 Å². The third kappa shape index (κ3) is 3.21. The molecule has 126 valence electrons. The molecule has 0 aliphatic carbocycles. The summed E-state index contributed by atoms with van der Waals surface area (Å²) in [5.41, 5.74) is 3.82. The number of hydrogen-bond donors (Lipinski definition) is 1. The fraction of sp³-hybridized carbons (Fsp3) is 0.250. The Labute approximate surface area is 146 Å². The average molecular weight is 334 g/mol. The lowest BCUT2D eigenvalue weighted by atomic mass is 10.1. The van der Waals surface area contributed by atoms with Crippen molar-refractivity contribution in [1.82, 2.24) is 9.88 Å². The third-order valence-corrected chi connectivity index (χ3v) is 4.77. The molecule has 1 N–H and O–H groups in total. The van der Waals surface area contributed by atoms with Crippen molar-refractivity contribution >= 4 is 16.6 Å². The zero-order chi connectivity index (χ0) is 17.2. The van der Waals surface area contributed by atoms with E-state index < -0.39 is 0 Å². The Kier molecular flexibility index (Phi) is 4.12. The number of H-pyrrole nitrogens is 1. The van der Waals surface area contributed by atoms with Crippen molar-refractivity contribution in [1.29, 1.82) is 5.26 Å². The number of nitrogens with zero attached hydrogens (tertiary/aromatic N) is 3. The van der Waals surface area contributed by atoms with E-state index in [-0.39, 0.29) is 5.82 Å². The molecule has 3 aromatic rings. The van der Waals surface area contributed by atoms with E-state index in [2.05, 4.69) is 20.9 Å². The van der Waals surface area contributed by atoms with Crippen LogP contribution in [0.5, 0.6) is 0 Å². The standard InChI is InChI=1S/C20H19FN4/c21-17-5-6-19-16(11-17)12-18(23-19)14-24-7-9-25(10-8-24)20-4-2-1-3-15(20)13-22/h1-6,11-12,23H,7-10,14H2. The number of piperazine rings is 1. The molecule has 1 saturated heterocycles. The molecule has 4 rings (SSSR count). The first kappa shape index (κ1) is 15.7. The molecule has 25 heavy (non-hydrogen) atoms. The topological polar surface area (TPSA) is 46.1 Å². The molecule has 1 aromatic heterocycles. The van der Waals surface area contributed by atoms with Crippen LogP contribution in [0.3, 0.4) is 0 Å². The van der Waals surface area contributed by atoms with Crippen molar-refractivity contribution in [3.63, 3.8) is 0 Å². The number of hydrogen-bond acceptors (Lipinski definition) is 3. The molecular weight excluding hydrogens is 315 g/mol. The Hall–Kier alpha value is -2.84. The van der Waals surface area contributed by atoms with Crippen LogP contribution < -0.4 is 4.90 Å². The molecule has 0 spiro atoms. The molecule has 0 radical (unpaired) electrons. The molecule has 0 unspecified atom stereocenters. The van der Waals surface area contributed by atoms with Crippen LogP contribution >= 0.6 is 0 Å². The van der Waals surface area contributed by atoms with Gasteiger partial charge in [-0.1, -0.05) is 12.1 Å². The van der Waals surface area contributed by atoms with Gasteiger partial charge in [0.25, 0.3) is 0 Å². The molecule has 0 amide bonds. The molecule has 0 atom stereocenters. The molecule has 1 fully saturated rings. The summed E-state index contributed by atoms with van der Waals surface area (Å²) in [6, 6.07) is 16.9. The van der Waals surface area contributed by atoms with Gasteiger partial charge in [0.2, 0.25) is 0 Å². The quantitative estimate of drug-likeness (QED) is 0.797. The molecule has 2 aromatic carbocycles. The molecule has 0 bridgehead atoms. The summed E-state index contributed by atoms with van der Waals surface area (Å²) in [6.07, 6.45) is 0. The SMILES string of the molecule is N#Cc1ccccc1N1CCN(Cc2cc3cc(F)ccc3[nH]2)CC1. The number of aromatic amines is 1. The van der Waals surface area contributed by atoms with Crippen molar-refractivity contribution in [2.45, 2.75) is 6.54 Å². The highest BCUT2D eigenvalue weighted by Crippen LogP contribution is 2.22. The largest absolute Gasteiger partial charge is 0.368 e. The first-order valence-electron chi connectivity index (χ1n) is 8.46. The van der Waals surface area contributed by atoms with Gasteiger partial charge in [-0.2, -0.15) is 5.26 Å². The number of fused-ring (bicyclic) bond motifs is 1. The number of nitriles is 1. The number of aromatic nitrogens is 1. The van der Waals surface area contributed by atoms with Gasteiger partial charge >= 0.3 is 0 Å². The number of halogens is 1. The van der Waals surface area contributed by atoms with Crippen molar-refractivity contribution in [2.24, 2.45) is 0 Å². The van der Waals surface area contributed by atoms with Gasteiger partial charge in [0.1, 0.15) is 11.9 Å². The highest BCUT2D eigenvalue weighted by molar-refractivity contribution is 5.80. The number of para-hydroxylation sites is 1. The zero-order valence-electron chi connectivity index (χ0n) is 13.9. The van der Waals surface area contributed by atoms with Gasteiger partial charge < -0.3 is 9.88 Å². The second kappa shape index (κ2) is 6.58. The Morgan fingerprint density at radius 1 is 1.04 bits per heavy atom. The second-order valence-electron chi connectivity index (χ2n) is 6.42. The molecule has 5 heteroatoms. The van der Waals surface area contributed by atoms with E-state index in [0.29, 0.717) is 0 Å². The second-order valence-corrected chi connectivity index (χ2v) is 6.42. The average Bonchev–Trinajstić information content (AvgIpc) is 3.03. The summed E-state index contributed by atoms with van der Waals surface area (Å²) >= 11 is 0. The van der Waals surface area contributed by atoms with Crippen LogP contribution in [0, 0.1) is 17.1 Å². The summed E-state index contributed by atoms with van der Waals surface area (Å²) in [6.45, 7) is 4.48. The van der Waals surface area contributed by atoms with E-state index in [9.17, 15) is 9.65 Å². The van der Waals surface area contributed by atoms with E-state index in [0.717, 1.165) is 60.6 Å². The zero-order valence-corrected chi connectivity index (χ0v) is 13.9. The summed E-state index contributed by atoms with van der Waals surface area (Å²) in [5, 5.41) is 10.2. The van der Waals surface area contributed by atoms with Crippen molar-refractivity contribution < 1.29 is 4.39 Å². The van der Waals surface area contributed by atoms with Crippen LogP contribution in [0.2, 0.25) is 0 Å². The predicted octanol–water partition coefficient (Wildman–Crippen LogP) is 3.50. The minimum absolute atomic E-state index is 0.206. The molecule has 2 heterocycles. The van der Waals surface area contributed by atoms with Gasteiger partial charge in [-0.3, -0.25) is 4.90 Å². The van der Waals surface area contributed by atoms with Crippen molar-refractivity contribution in [3.05, 3.63) is 65.6 Å². The fourth-order valence-electron chi connectivity index (χ4n) is 3.48. The lowest BCUT2D eigenvalue weighted by molar-refractivity contribution is 0.247. The fourth-order valence-corrected chi connectivity index (χ4v) is 3.48. The van der Waals surface area contributed by atoms with E-state index in [1.165, 1.54) is 6.07 Å². The molecule has 1 aliphatic heterocycles. The van der Waals surface area contributed by atoms with Gasteiger partial charge in [0.05, 0.1) is 11.3 Å². The summed E-state index contributed by atoms with van der Waals surface area (Å²) in [7, 11) is 0. The maximum Gasteiger partial charge on any atom is 0.123 e. The summed E-state index contributed by atoms with van der Waals surface area (Å²) < 4.78 is 13.3. The highest BCUT2D eigenvalue weighted by Gasteiger charge is 2.19. The van der Waals surface area contributed by atoms with Gasteiger partial charge in [0.15, 0.2) is 0 Å². The normalized spacial score (nSPS) is 15.4.